The zero-order valence-electron chi connectivity index (χ0n) is 10.4. The lowest BCUT2D eigenvalue weighted by Crippen LogP contribution is -2.35. The van der Waals surface area contributed by atoms with Gasteiger partial charge in [0, 0.05) is 12.5 Å². The van der Waals surface area contributed by atoms with Crippen LogP contribution in [0.25, 0.3) is 0 Å². The first-order valence-electron chi connectivity index (χ1n) is 5.28. The van der Waals surface area contributed by atoms with E-state index in [-0.39, 0.29) is 17.3 Å². The number of rotatable bonds is 5. The molecule has 18 heavy (non-hydrogen) atoms. The molecule has 0 fully saturated rings. The molecule has 0 aliphatic carbocycles. The van der Waals surface area contributed by atoms with Gasteiger partial charge in [0.1, 0.15) is 10.7 Å². The van der Waals surface area contributed by atoms with Crippen LogP contribution in [0.3, 0.4) is 0 Å². The van der Waals surface area contributed by atoms with Gasteiger partial charge in [0.2, 0.25) is 10.0 Å². The zero-order valence-corrected chi connectivity index (χ0v) is 11.2. The Bertz CT molecular complexity index is 529. The number of nitrogens with zero attached hydrogens (tertiary/aromatic N) is 2. The van der Waals surface area contributed by atoms with Crippen molar-refractivity contribution < 1.29 is 13.6 Å². The van der Waals surface area contributed by atoms with E-state index in [9.17, 15) is 8.42 Å². The van der Waals surface area contributed by atoms with Crippen LogP contribution in [0.2, 0.25) is 0 Å². The maximum Gasteiger partial charge on any atom is 0.244 e. The van der Waals surface area contributed by atoms with E-state index in [0.717, 1.165) is 0 Å². The number of sulfonamides is 1. The number of aromatic amines is 1. The van der Waals surface area contributed by atoms with Crippen molar-refractivity contribution in [1.29, 1.82) is 0 Å². The van der Waals surface area contributed by atoms with Crippen molar-refractivity contribution in [3.63, 3.8) is 0 Å². The van der Waals surface area contributed by atoms with Gasteiger partial charge in [-0.25, -0.2) is 13.1 Å². The van der Waals surface area contributed by atoms with Crippen LogP contribution in [0.4, 0.5) is 0 Å². The van der Waals surface area contributed by atoms with Crippen LogP contribution in [0.1, 0.15) is 18.3 Å². The quantitative estimate of drug-likeness (QED) is 0.253. The molecule has 5 N–H and O–H groups in total. The first-order valence-corrected chi connectivity index (χ1v) is 6.76. The van der Waals surface area contributed by atoms with Crippen LogP contribution in [0.15, 0.2) is 10.1 Å². The number of oxime groups is 1. The van der Waals surface area contributed by atoms with Gasteiger partial charge in [0.05, 0.1) is 11.4 Å². The second kappa shape index (κ2) is 5.36. The minimum atomic E-state index is -3.65. The monoisotopic (exact) mass is 275 g/mol. The predicted molar refractivity (Wildman–Crippen MR) is 65.8 cm³/mol. The van der Waals surface area contributed by atoms with Crippen LogP contribution in [0, 0.1) is 19.8 Å². The highest BCUT2D eigenvalue weighted by Crippen LogP contribution is 2.16. The molecule has 9 heteroatoms. The van der Waals surface area contributed by atoms with Gasteiger partial charge in [-0.1, -0.05) is 12.1 Å². The second-order valence-electron chi connectivity index (χ2n) is 4.04. The fourth-order valence-electron chi connectivity index (χ4n) is 1.45. The summed E-state index contributed by atoms with van der Waals surface area (Å²) < 4.78 is 26.5. The molecule has 1 aromatic rings. The van der Waals surface area contributed by atoms with E-state index in [1.165, 1.54) is 0 Å². The summed E-state index contributed by atoms with van der Waals surface area (Å²) in [5.74, 6) is -0.435. The molecule has 102 valence electrons. The first kappa shape index (κ1) is 14.5. The fourth-order valence-corrected chi connectivity index (χ4v) is 2.94. The predicted octanol–water partition coefficient (Wildman–Crippen LogP) is -0.313. The molecule has 1 atom stereocenters. The Kier molecular flexibility index (Phi) is 4.30. The third kappa shape index (κ3) is 2.99. The van der Waals surface area contributed by atoms with E-state index in [2.05, 4.69) is 20.1 Å². The molecule has 0 saturated heterocycles. The lowest BCUT2D eigenvalue weighted by Gasteiger charge is -2.11. The lowest BCUT2D eigenvalue weighted by atomic mass is 10.2. The molecule has 0 bridgehead atoms. The summed E-state index contributed by atoms with van der Waals surface area (Å²) in [5.41, 5.74) is 6.24. The van der Waals surface area contributed by atoms with Gasteiger partial charge in [-0.2, -0.15) is 5.10 Å². The Morgan fingerprint density at radius 1 is 1.61 bits per heavy atom. The van der Waals surface area contributed by atoms with Crippen molar-refractivity contribution in [3.8, 4) is 0 Å². The molecule has 1 aromatic heterocycles. The maximum absolute atomic E-state index is 12.0. The number of H-pyrrole nitrogens is 1. The van der Waals surface area contributed by atoms with Crippen LogP contribution in [0.5, 0.6) is 0 Å². The van der Waals surface area contributed by atoms with Crippen LogP contribution < -0.4 is 10.5 Å². The van der Waals surface area contributed by atoms with Crippen LogP contribution in [-0.2, 0) is 10.0 Å². The first-order chi connectivity index (χ1) is 8.29. The summed E-state index contributed by atoms with van der Waals surface area (Å²) in [5, 5.41) is 17.7. The Hall–Kier alpha value is -1.61. The molecule has 0 amide bonds. The van der Waals surface area contributed by atoms with E-state index in [1.807, 2.05) is 0 Å². The van der Waals surface area contributed by atoms with Gasteiger partial charge >= 0.3 is 0 Å². The van der Waals surface area contributed by atoms with Crippen molar-refractivity contribution in [2.24, 2.45) is 16.8 Å². The molecule has 0 saturated carbocycles. The smallest absolute Gasteiger partial charge is 0.244 e. The molecule has 0 aliphatic heterocycles. The summed E-state index contributed by atoms with van der Waals surface area (Å²) >= 11 is 0. The number of aromatic nitrogens is 2. The van der Waals surface area contributed by atoms with Crippen molar-refractivity contribution >= 4 is 15.9 Å². The van der Waals surface area contributed by atoms with Crippen LogP contribution in [-0.4, -0.2) is 36.2 Å². The minimum Gasteiger partial charge on any atom is -0.409 e. The zero-order chi connectivity index (χ0) is 13.9. The molecule has 1 rings (SSSR count). The highest BCUT2D eigenvalue weighted by atomic mass is 32.2. The van der Waals surface area contributed by atoms with Crippen molar-refractivity contribution in [2.45, 2.75) is 25.7 Å². The Labute approximate surface area is 105 Å². The summed E-state index contributed by atoms with van der Waals surface area (Å²) in [6.07, 6.45) is 0. The average Bonchev–Trinajstić information content (AvgIpc) is 2.65. The summed E-state index contributed by atoms with van der Waals surface area (Å²) in [6.45, 7) is 4.92. The van der Waals surface area contributed by atoms with E-state index in [1.54, 1.807) is 20.8 Å². The second-order valence-corrected chi connectivity index (χ2v) is 5.74. The SMILES string of the molecule is Cc1n[nH]c(C)c1S(=O)(=O)NCC(C)C(N)=NO. The van der Waals surface area contributed by atoms with Crippen molar-refractivity contribution in [3.05, 3.63) is 11.4 Å². The molecule has 0 aliphatic rings. The van der Waals surface area contributed by atoms with Gasteiger partial charge in [-0.3, -0.25) is 5.10 Å². The van der Waals surface area contributed by atoms with Crippen LogP contribution >= 0.6 is 0 Å². The Morgan fingerprint density at radius 2 is 2.22 bits per heavy atom. The van der Waals surface area contributed by atoms with E-state index in [0.29, 0.717) is 11.4 Å². The lowest BCUT2D eigenvalue weighted by molar-refractivity contribution is 0.314. The summed E-state index contributed by atoms with van der Waals surface area (Å²) in [4.78, 5) is 0.134. The fraction of sp³-hybridized carbons (Fsp3) is 0.556. The topological polar surface area (TPSA) is 133 Å². The third-order valence-electron chi connectivity index (χ3n) is 2.53. The Morgan fingerprint density at radius 3 is 2.67 bits per heavy atom. The largest absolute Gasteiger partial charge is 0.409 e. The average molecular weight is 275 g/mol. The number of hydrogen-bond acceptors (Lipinski definition) is 5. The summed E-state index contributed by atoms with van der Waals surface area (Å²) in [7, 11) is -3.65. The number of amidine groups is 1. The van der Waals surface area contributed by atoms with E-state index >= 15 is 0 Å². The third-order valence-corrected chi connectivity index (χ3v) is 4.21. The minimum absolute atomic E-state index is 0.0293. The number of nitrogens with one attached hydrogen (secondary N) is 2. The van der Waals surface area contributed by atoms with E-state index in [4.69, 9.17) is 10.9 Å². The molecule has 0 spiro atoms. The van der Waals surface area contributed by atoms with Gasteiger partial charge in [0.25, 0.3) is 0 Å². The van der Waals surface area contributed by atoms with Crippen molar-refractivity contribution in [2.75, 3.05) is 6.54 Å². The molecule has 1 heterocycles. The normalized spacial score (nSPS) is 14.7. The van der Waals surface area contributed by atoms with Gasteiger partial charge in [-0.05, 0) is 13.8 Å². The highest BCUT2D eigenvalue weighted by Gasteiger charge is 2.23. The van der Waals surface area contributed by atoms with Gasteiger partial charge in [0.15, 0.2) is 0 Å². The molecule has 0 aromatic carbocycles. The Balaban J connectivity index is 2.85. The van der Waals surface area contributed by atoms with Gasteiger partial charge in [-0.15, -0.1) is 0 Å². The standard InChI is InChI=1S/C9H17N5O3S/c1-5(9(10)14-15)4-11-18(16,17)8-6(2)12-13-7(8)3/h5,11,15H,4H2,1-3H3,(H2,10,14)(H,12,13). The summed E-state index contributed by atoms with van der Waals surface area (Å²) in [6, 6.07) is 0. The molecular formula is C9H17N5O3S. The molecule has 8 nitrogen and oxygen atoms in total. The molecule has 0 radical (unpaired) electrons. The highest BCUT2D eigenvalue weighted by molar-refractivity contribution is 7.89. The molecule has 1 unspecified atom stereocenters. The number of hydrogen-bond donors (Lipinski definition) is 4. The van der Waals surface area contributed by atoms with Crippen molar-refractivity contribution in [1.82, 2.24) is 14.9 Å². The number of nitrogens with two attached hydrogens (primary N) is 1. The van der Waals surface area contributed by atoms with Gasteiger partial charge < -0.3 is 10.9 Å². The van der Waals surface area contributed by atoms with E-state index < -0.39 is 15.9 Å². The number of aryl methyl sites for hydroxylation is 2. The maximum atomic E-state index is 12.0. The molecular weight excluding hydrogens is 258 g/mol.